The van der Waals surface area contributed by atoms with Crippen molar-refractivity contribution in [2.45, 2.75) is 24.6 Å². The zero-order valence-electron chi connectivity index (χ0n) is 10.8. The number of hydrogen-bond acceptors (Lipinski definition) is 9. The molecule has 0 unspecified atom stereocenters. The fourth-order valence-corrected chi connectivity index (χ4v) is 2.63. The summed E-state index contributed by atoms with van der Waals surface area (Å²) in [5.41, 5.74) is 0. The molecule has 140 valence electrons. The first-order valence-corrected chi connectivity index (χ1v) is 9.83. The van der Waals surface area contributed by atoms with E-state index in [0.717, 1.165) is 0 Å². The van der Waals surface area contributed by atoms with Crippen LogP contribution < -0.4 is 0 Å². The molecule has 0 aromatic carbocycles. The van der Waals surface area contributed by atoms with Gasteiger partial charge in [0.05, 0.1) is 6.61 Å². The predicted molar refractivity (Wildman–Crippen MR) is 66.1 cm³/mol. The molecule has 0 aromatic heterocycles. The number of aliphatic hydroxyl groups is 3. The van der Waals surface area contributed by atoms with Crippen molar-refractivity contribution in [1.29, 1.82) is 0 Å². The Balaban J connectivity index is 0.000000468. The van der Waals surface area contributed by atoms with Crippen molar-refractivity contribution in [3.63, 3.8) is 0 Å². The maximum atomic E-state index is 10.3. The Morgan fingerprint density at radius 1 is 0.783 bits per heavy atom. The van der Waals surface area contributed by atoms with Gasteiger partial charge >= 0.3 is 23.5 Å². The Hall–Kier alpha value is 0.210. The number of ether oxygens (including phenoxy) is 1. The van der Waals surface area contributed by atoms with E-state index in [2.05, 4.69) is 13.6 Å². The number of rotatable bonds is 5. The molecule has 0 aromatic rings. The van der Waals surface area contributed by atoms with Crippen LogP contribution in [0.3, 0.4) is 0 Å². The Morgan fingerprint density at radius 2 is 1.22 bits per heavy atom. The summed E-state index contributed by atoms with van der Waals surface area (Å²) in [7, 11) is -14.7. The van der Waals surface area contributed by atoms with Crippen LogP contribution in [0.15, 0.2) is 0 Å². The standard InChI is InChI=1S/C5H11O8P.H4O7P2/c6-3-2(1-12-14(9,10)11)13-5(8)4(3)7;1-8(2,3)7-9(4,5)6/h2-8H,1H2,(H2,9,10,11);(H2,1,2,3)(H2,4,5,6)/t2-,3-,4-,5+;/m1./s1. The van der Waals surface area contributed by atoms with E-state index >= 15 is 0 Å². The number of hydrogen-bond donors (Lipinski definition) is 9. The molecule has 1 rings (SSSR count). The van der Waals surface area contributed by atoms with Gasteiger partial charge < -0.3 is 49.4 Å². The van der Waals surface area contributed by atoms with Crippen LogP contribution in [0.25, 0.3) is 0 Å². The minimum atomic E-state index is -5.05. The third-order valence-corrected chi connectivity index (χ3v) is 4.14. The molecule has 1 aliphatic rings. The van der Waals surface area contributed by atoms with Crippen LogP contribution in [0, 0.1) is 0 Å². The normalized spacial score (nSPS) is 29.1. The highest BCUT2D eigenvalue weighted by molar-refractivity contribution is 7.60. The van der Waals surface area contributed by atoms with Crippen molar-refractivity contribution in [3.05, 3.63) is 0 Å². The average Bonchev–Trinajstić information content (AvgIpc) is 2.49. The molecular weight excluding hydrogens is 393 g/mol. The molecule has 1 heterocycles. The molecule has 9 N–H and O–H groups in total. The summed E-state index contributed by atoms with van der Waals surface area (Å²) in [5, 5.41) is 27.0. The molecule has 0 aliphatic carbocycles. The molecule has 23 heavy (non-hydrogen) atoms. The van der Waals surface area contributed by atoms with Crippen LogP contribution in [0.4, 0.5) is 0 Å². The summed E-state index contributed by atoms with van der Waals surface area (Å²) >= 11 is 0. The summed E-state index contributed by atoms with van der Waals surface area (Å²) in [6.07, 6.45) is -5.67. The maximum absolute atomic E-state index is 10.3. The van der Waals surface area contributed by atoms with Gasteiger partial charge in [-0.2, -0.15) is 4.31 Å². The smallest absolute Gasteiger partial charge is 0.387 e. The second-order valence-corrected chi connectivity index (χ2v) is 7.75. The van der Waals surface area contributed by atoms with Gasteiger partial charge in [0, 0.05) is 0 Å². The Bertz CT molecular complexity index is 481. The summed E-state index contributed by atoms with van der Waals surface area (Å²) in [6, 6.07) is 0. The van der Waals surface area contributed by atoms with Gasteiger partial charge in [-0.05, 0) is 0 Å². The van der Waals surface area contributed by atoms with Gasteiger partial charge in [-0.25, -0.2) is 13.7 Å². The van der Waals surface area contributed by atoms with Crippen molar-refractivity contribution < 1.29 is 71.9 Å². The maximum Gasteiger partial charge on any atom is 0.478 e. The summed E-state index contributed by atoms with van der Waals surface area (Å²) in [5.74, 6) is 0. The van der Waals surface area contributed by atoms with Gasteiger partial charge in [-0.15, -0.1) is 0 Å². The van der Waals surface area contributed by atoms with Gasteiger partial charge in [0.1, 0.15) is 18.3 Å². The largest absolute Gasteiger partial charge is 0.478 e. The van der Waals surface area contributed by atoms with Crippen molar-refractivity contribution in [2.75, 3.05) is 6.61 Å². The number of phosphoric acid groups is 3. The Morgan fingerprint density at radius 3 is 1.43 bits per heavy atom. The zero-order chi connectivity index (χ0) is 18.6. The van der Waals surface area contributed by atoms with Crippen LogP contribution in [0.2, 0.25) is 0 Å². The highest BCUT2D eigenvalue weighted by atomic mass is 31.3. The number of aliphatic hydroxyl groups excluding tert-OH is 3. The highest BCUT2D eigenvalue weighted by Gasteiger charge is 2.42. The van der Waals surface area contributed by atoms with E-state index < -0.39 is 54.7 Å². The lowest BCUT2D eigenvalue weighted by Gasteiger charge is -2.14. The fraction of sp³-hybridized carbons (Fsp3) is 1.00. The SMILES string of the molecule is O=P(O)(O)OC[C@H]1O[C@H](O)[C@H](O)[C@@H]1O.O=P(O)(O)OP(=O)(O)O. The molecule has 15 nitrogen and oxygen atoms in total. The molecular formula is C5H15O15P3. The van der Waals surface area contributed by atoms with E-state index in [4.69, 9.17) is 44.7 Å². The molecule has 4 atom stereocenters. The van der Waals surface area contributed by atoms with Gasteiger partial charge in [-0.3, -0.25) is 4.52 Å². The molecule has 1 fully saturated rings. The van der Waals surface area contributed by atoms with Crippen molar-refractivity contribution in [3.8, 4) is 0 Å². The first-order chi connectivity index (χ1) is 10.0. The van der Waals surface area contributed by atoms with Crippen molar-refractivity contribution in [2.24, 2.45) is 0 Å². The zero-order valence-corrected chi connectivity index (χ0v) is 13.5. The molecule has 1 saturated heterocycles. The minimum Gasteiger partial charge on any atom is -0.387 e. The summed E-state index contributed by atoms with van der Waals surface area (Å²) in [6.45, 7) is -0.612. The van der Waals surface area contributed by atoms with Gasteiger partial charge in [-0.1, -0.05) is 0 Å². The summed E-state index contributed by atoms with van der Waals surface area (Å²) in [4.78, 5) is 47.6. The average molecular weight is 408 g/mol. The van der Waals surface area contributed by atoms with E-state index in [1.807, 2.05) is 0 Å². The quantitative estimate of drug-likeness (QED) is 0.202. The van der Waals surface area contributed by atoms with Crippen LogP contribution in [-0.2, 0) is 27.3 Å². The fourth-order valence-electron chi connectivity index (χ4n) is 1.18. The highest BCUT2D eigenvalue weighted by Crippen LogP contribution is 2.53. The second-order valence-electron chi connectivity index (χ2n) is 3.90. The van der Waals surface area contributed by atoms with E-state index in [-0.39, 0.29) is 0 Å². The number of phosphoric ester groups is 1. The molecule has 0 bridgehead atoms. The molecule has 0 radical (unpaired) electrons. The van der Waals surface area contributed by atoms with Crippen LogP contribution in [-0.4, -0.2) is 75.9 Å². The lowest BCUT2D eigenvalue weighted by Crippen LogP contribution is -2.34. The van der Waals surface area contributed by atoms with Crippen molar-refractivity contribution in [1.82, 2.24) is 0 Å². The van der Waals surface area contributed by atoms with E-state index in [0.29, 0.717) is 0 Å². The summed E-state index contributed by atoms with van der Waals surface area (Å²) < 4.78 is 41.1. The third kappa shape index (κ3) is 11.4. The van der Waals surface area contributed by atoms with E-state index in [1.165, 1.54) is 0 Å². The Kier molecular flexibility index (Phi) is 8.62. The first-order valence-electron chi connectivity index (χ1n) is 5.24. The molecule has 1 aliphatic heterocycles. The van der Waals surface area contributed by atoms with Crippen LogP contribution in [0.5, 0.6) is 0 Å². The van der Waals surface area contributed by atoms with Crippen LogP contribution >= 0.6 is 23.5 Å². The third-order valence-electron chi connectivity index (χ3n) is 1.96. The molecule has 0 amide bonds. The van der Waals surface area contributed by atoms with Gasteiger partial charge in [0.2, 0.25) is 0 Å². The molecule has 18 heteroatoms. The minimum absolute atomic E-state index is 0.612. The van der Waals surface area contributed by atoms with E-state index in [1.54, 1.807) is 0 Å². The second kappa shape index (κ2) is 8.54. The lowest BCUT2D eigenvalue weighted by molar-refractivity contribution is -0.132. The van der Waals surface area contributed by atoms with Crippen molar-refractivity contribution >= 4 is 23.5 Å². The van der Waals surface area contributed by atoms with Crippen LogP contribution in [0.1, 0.15) is 0 Å². The predicted octanol–water partition coefficient (Wildman–Crippen LogP) is -3.28. The Labute approximate surface area is 127 Å². The first kappa shape index (κ1) is 23.2. The lowest BCUT2D eigenvalue weighted by atomic mass is 10.1. The van der Waals surface area contributed by atoms with E-state index in [9.17, 15) is 13.7 Å². The monoisotopic (exact) mass is 408 g/mol. The molecule has 0 saturated carbocycles. The topological polar surface area (TPSA) is 261 Å². The molecule has 0 spiro atoms. The van der Waals surface area contributed by atoms with Gasteiger partial charge in [0.25, 0.3) is 0 Å². The van der Waals surface area contributed by atoms with Gasteiger partial charge in [0.15, 0.2) is 6.29 Å².